The number of hydrogen-bond donors (Lipinski definition) is 1. The summed E-state index contributed by atoms with van der Waals surface area (Å²) in [5, 5.41) is 0. The van der Waals surface area contributed by atoms with Gasteiger partial charge in [0.25, 0.3) is 0 Å². The summed E-state index contributed by atoms with van der Waals surface area (Å²) in [4.78, 5) is 0. The van der Waals surface area contributed by atoms with E-state index in [0.29, 0.717) is 13.0 Å². The second-order valence-corrected chi connectivity index (χ2v) is 4.17. The second kappa shape index (κ2) is 5.65. The maximum atomic E-state index is 13.6. The molecule has 0 saturated carbocycles. The van der Waals surface area contributed by atoms with E-state index in [-0.39, 0.29) is 11.6 Å². The lowest BCUT2D eigenvalue weighted by atomic mass is 10.0. The summed E-state index contributed by atoms with van der Waals surface area (Å²) >= 11 is 0. The zero-order chi connectivity index (χ0) is 13.0. The van der Waals surface area contributed by atoms with Crippen molar-refractivity contribution in [3.63, 3.8) is 0 Å². The minimum atomic E-state index is -0.329. The predicted molar refractivity (Wildman–Crippen MR) is 70.1 cm³/mol. The molecular formula is C15H16FNO. The molecule has 2 rings (SSSR count). The van der Waals surface area contributed by atoms with Gasteiger partial charge in [-0.3, -0.25) is 0 Å². The average Bonchev–Trinajstić information content (AvgIpc) is 2.39. The number of nitrogens with two attached hydrogens (primary N) is 1. The molecule has 0 aliphatic carbocycles. The van der Waals surface area contributed by atoms with Crippen molar-refractivity contribution in [1.82, 2.24) is 0 Å². The lowest BCUT2D eigenvalue weighted by Gasteiger charge is -2.06. The topological polar surface area (TPSA) is 35.2 Å². The number of rotatable bonds is 4. The van der Waals surface area contributed by atoms with Crippen molar-refractivity contribution in [3.05, 3.63) is 65.0 Å². The minimum absolute atomic E-state index is 0.273. The summed E-state index contributed by atoms with van der Waals surface area (Å²) in [5.74, 6) is -0.0561. The van der Waals surface area contributed by atoms with E-state index in [1.165, 1.54) is 13.2 Å². The van der Waals surface area contributed by atoms with Crippen LogP contribution in [0, 0.1) is 5.82 Å². The van der Waals surface area contributed by atoms with Crippen LogP contribution in [0.1, 0.15) is 16.7 Å². The molecule has 0 unspecified atom stereocenters. The number of hydrogen-bond acceptors (Lipinski definition) is 2. The fraction of sp³-hybridized carbons (Fsp3) is 0.200. The molecule has 0 heterocycles. The maximum Gasteiger partial charge on any atom is 0.165 e. The predicted octanol–water partition coefficient (Wildman–Crippen LogP) is 2.88. The summed E-state index contributed by atoms with van der Waals surface area (Å²) in [6, 6.07) is 13.0. The third-order valence-electron chi connectivity index (χ3n) is 2.85. The fourth-order valence-electron chi connectivity index (χ4n) is 1.92. The molecule has 0 fully saturated rings. The number of methoxy groups -OCH3 is 1. The molecule has 0 amide bonds. The van der Waals surface area contributed by atoms with Crippen LogP contribution in [-0.2, 0) is 13.0 Å². The summed E-state index contributed by atoms with van der Waals surface area (Å²) < 4.78 is 18.4. The molecule has 2 N–H and O–H groups in total. The van der Waals surface area contributed by atoms with Gasteiger partial charge >= 0.3 is 0 Å². The number of benzene rings is 2. The molecule has 0 atom stereocenters. The average molecular weight is 245 g/mol. The van der Waals surface area contributed by atoms with Gasteiger partial charge in [0.2, 0.25) is 0 Å². The van der Waals surface area contributed by atoms with E-state index in [1.807, 2.05) is 30.3 Å². The standard InChI is InChI=1S/C15H16FNO/c1-18-15-6-5-12(9-14(15)16)7-11-3-2-4-13(8-11)10-17/h2-6,8-9H,7,10,17H2,1H3. The second-order valence-electron chi connectivity index (χ2n) is 4.17. The zero-order valence-electron chi connectivity index (χ0n) is 10.3. The molecule has 2 nitrogen and oxygen atoms in total. The Hall–Kier alpha value is -1.87. The molecule has 3 heteroatoms. The van der Waals surface area contributed by atoms with Crippen LogP contribution in [0.2, 0.25) is 0 Å². The first-order chi connectivity index (χ1) is 8.72. The van der Waals surface area contributed by atoms with E-state index >= 15 is 0 Å². The van der Waals surface area contributed by atoms with Gasteiger partial charge < -0.3 is 10.5 Å². The zero-order valence-corrected chi connectivity index (χ0v) is 10.3. The van der Waals surface area contributed by atoms with Gasteiger partial charge in [-0.2, -0.15) is 0 Å². The molecule has 0 radical (unpaired) electrons. The first-order valence-corrected chi connectivity index (χ1v) is 5.83. The van der Waals surface area contributed by atoms with Crippen LogP contribution >= 0.6 is 0 Å². The Morgan fingerprint density at radius 1 is 1.06 bits per heavy atom. The van der Waals surface area contributed by atoms with Gasteiger partial charge in [-0.25, -0.2) is 4.39 Å². The summed E-state index contributed by atoms with van der Waals surface area (Å²) in [5.41, 5.74) is 8.73. The number of ether oxygens (including phenoxy) is 1. The summed E-state index contributed by atoms with van der Waals surface area (Å²) in [7, 11) is 1.46. The Balaban J connectivity index is 2.20. The van der Waals surface area contributed by atoms with E-state index in [4.69, 9.17) is 10.5 Å². The highest BCUT2D eigenvalue weighted by Gasteiger charge is 2.04. The first kappa shape index (κ1) is 12.6. The smallest absolute Gasteiger partial charge is 0.165 e. The van der Waals surface area contributed by atoms with Gasteiger partial charge in [-0.15, -0.1) is 0 Å². The Bertz CT molecular complexity index is 540. The summed E-state index contributed by atoms with van der Waals surface area (Å²) in [6.45, 7) is 0.519. The van der Waals surface area contributed by atoms with Crippen LogP contribution in [0.4, 0.5) is 4.39 Å². The van der Waals surface area contributed by atoms with Gasteiger partial charge in [0.1, 0.15) is 0 Å². The van der Waals surface area contributed by atoms with Gasteiger partial charge in [-0.1, -0.05) is 30.3 Å². The Morgan fingerprint density at radius 3 is 2.44 bits per heavy atom. The quantitative estimate of drug-likeness (QED) is 0.899. The lowest BCUT2D eigenvalue weighted by Crippen LogP contribution is -1.98. The monoisotopic (exact) mass is 245 g/mol. The SMILES string of the molecule is COc1ccc(Cc2cccc(CN)c2)cc1F. The Morgan fingerprint density at radius 2 is 1.78 bits per heavy atom. The third-order valence-corrected chi connectivity index (χ3v) is 2.85. The molecule has 0 aliphatic rings. The molecule has 2 aromatic rings. The molecule has 94 valence electrons. The van der Waals surface area contributed by atoms with Crippen molar-refractivity contribution in [3.8, 4) is 5.75 Å². The van der Waals surface area contributed by atoms with Gasteiger partial charge in [0, 0.05) is 6.54 Å². The van der Waals surface area contributed by atoms with E-state index in [9.17, 15) is 4.39 Å². The number of halogens is 1. The van der Waals surface area contributed by atoms with Crippen molar-refractivity contribution in [2.24, 2.45) is 5.73 Å². The van der Waals surface area contributed by atoms with Crippen LogP contribution < -0.4 is 10.5 Å². The van der Waals surface area contributed by atoms with Crippen molar-refractivity contribution in [1.29, 1.82) is 0 Å². The van der Waals surface area contributed by atoms with Crippen LogP contribution in [0.15, 0.2) is 42.5 Å². The van der Waals surface area contributed by atoms with Crippen molar-refractivity contribution >= 4 is 0 Å². The Labute approximate surface area is 106 Å². The minimum Gasteiger partial charge on any atom is -0.494 e. The molecule has 2 aromatic carbocycles. The van der Waals surface area contributed by atoms with Gasteiger partial charge in [0.05, 0.1) is 7.11 Å². The van der Waals surface area contributed by atoms with Crippen LogP contribution in [0.25, 0.3) is 0 Å². The molecule has 0 bridgehead atoms. The molecule has 0 saturated heterocycles. The van der Waals surface area contributed by atoms with Crippen molar-refractivity contribution in [2.45, 2.75) is 13.0 Å². The molecular weight excluding hydrogens is 229 g/mol. The normalized spacial score (nSPS) is 10.4. The Kier molecular flexibility index (Phi) is 3.95. The van der Waals surface area contributed by atoms with Crippen LogP contribution in [0.3, 0.4) is 0 Å². The highest BCUT2D eigenvalue weighted by molar-refractivity contribution is 5.34. The molecule has 0 spiro atoms. The first-order valence-electron chi connectivity index (χ1n) is 5.83. The fourth-order valence-corrected chi connectivity index (χ4v) is 1.92. The van der Waals surface area contributed by atoms with Gasteiger partial charge in [0.15, 0.2) is 11.6 Å². The highest BCUT2D eigenvalue weighted by Crippen LogP contribution is 2.20. The molecule has 0 aliphatic heterocycles. The maximum absolute atomic E-state index is 13.6. The van der Waals surface area contributed by atoms with E-state index in [1.54, 1.807) is 6.07 Å². The van der Waals surface area contributed by atoms with Crippen LogP contribution in [-0.4, -0.2) is 7.11 Å². The van der Waals surface area contributed by atoms with Crippen molar-refractivity contribution < 1.29 is 9.13 Å². The van der Waals surface area contributed by atoms with Gasteiger partial charge in [-0.05, 0) is 35.2 Å². The molecule has 0 aromatic heterocycles. The van der Waals surface area contributed by atoms with E-state index < -0.39 is 0 Å². The lowest BCUT2D eigenvalue weighted by molar-refractivity contribution is 0.386. The molecule has 18 heavy (non-hydrogen) atoms. The largest absolute Gasteiger partial charge is 0.494 e. The van der Waals surface area contributed by atoms with Crippen molar-refractivity contribution in [2.75, 3.05) is 7.11 Å². The third kappa shape index (κ3) is 2.87. The van der Waals surface area contributed by atoms with E-state index in [0.717, 1.165) is 16.7 Å². The van der Waals surface area contributed by atoms with Crippen LogP contribution in [0.5, 0.6) is 5.75 Å². The summed E-state index contributed by atoms with van der Waals surface area (Å²) in [6.07, 6.45) is 0.689. The van der Waals surface area contributed by atoms with E-state index in [2.05, 4.69) is 0 Å². The highest BCUT2D eigenvalue weighted by atomic mass is 19.1.